The van der Waals surface area contributed by atoms with Crippen LogP contribution >= 0.6 is 11.3 Å². The maximum Gasteiger partial charge on any atom is 0.341 e. The highest BCUT2D eigenvalue weighted by Crippen LogP contribution is 2.40. The van der Waals surface area contributed by atoms with Crippen molar-refractivity contribution in [3.63, 3.8) is 0 Å². The molecule has 0 fully saturated rings. The van der Waals surface area contributed by atoms with Crippen LogP contribution < -0.4 is 10.6 Å². The van der Waals surface area contributed by atoms with Crippen LogP contribution in [0, 0.1) is 6.92 Å². The Balaban J connectivity index is 1.79. The molecule has 0 spiro atoms. The van der Waals surface area contributed by atoms with Crippen molar-refractivity contribution in [1.82, 2.24) is 5.32 Å². The van der Waals surface area contributed by atoms with Crippen molar-refractivity contribution in [2.45, 2.75) is 26.8 Å². The van der Waals surface area contributed by atoms with E-state index in [-0.39, 0.29) is 25.1 Å². The third kappa shape index (κ3) is 4.93. The van der Waals surface area contributed by atoms with Gasteiger partial charge in [-0.1, -0.05) is 30.3 Å². The van der Waals surface area contributed by atoms with Crippen molar-refractivity contribution in [3.8, 4) is 10.4 Å². The van der Waals surface area contributed by atoms with Crippen molar-refractivity contribution >= 4 is 28.2 Å². The topological polar surface area (TPSA) is 80.6 Å². The Labute approximate surface area is 173 Å². The zero-order chi connectivity index (χ0) is 20.8. The summed E-state index contributed by atoms with van der Waals surface area (Å²) in [5, 5.41) is 6.48. The molecule has 3 rings (SSSR count). The number of furan rings is 1. The third-order valence-corrected chi connectivity index (χ3v) is 5.71. The van der Waals surface area contributed by atoms with Gasteiger partial charge in [0, 0.05) is 4.88 Å². The van der Waals surface area contributed by atoms with Gasteiger partial charge in [0.05, 0.1) is 31.0 Å². The van der Waals surface area contributed by atoms with Crippen molar-refractivity contribution < 1.29 is 18.7 Å². The molecule has 0 radical (unpaired) electrons. The van der Waals surface area contributed by atoms with Crippen molar-refractivity contribution in [1.29, 1.82) is 0 Å². The normalized spacial score (nSPS) is 11.8. The second-order valence-electron chi connectivity index (χ2n) is 6.51. The molecule has 0 unspecified atom stereocenters. The number of hydrogen-bond donors (Lipinski definition) is 2. The number of carbonyl (C=O) groups is 2. The van der Waals surface area contributed by atoms with Gasteiger partial charge in [0.1, 0.15) is 10.8 Å². The first-order chi connectivity index (χ1) is 14.0. The highest BCUT2D eigenvalue weighted by Gasteiger charge is 2.24. The average molecular weight is 413 g/mol. The summed E-state index contributed by atoms with van der Waals surface area (Å²) in [4.78, 5) is 26.0. The lowest BCUT2D eigenvalue weighted by Crippen LogP contribution is -2.30. The highest BCUT2D eigenvalue weighted by atomic mass is 32.1. The first-order valence-electron chi connectivity index (χ1n) is 9.43. The van der Waals surface area contributed by atoms with Crippen LogP contribution in [0.25, 0.3) is 10.4 Å². The molecule has 0 aliphatic heterocycles. The molecule has 1 atom stereocenters. The van der Waals surface area contributed by atoms with E-state index in [1.54, 1.807) is 19.3 Å². The molecule has 6 nitrogen and oxygen atoms in total. The average Bonchev–Trinajstić information content (AvgIpc) is 3.35. The summed E-state index contributed by atoms with van der Waals surface area (Å²) in [6.07, 6.45) is 1.60. The van der Waals surface area contributed by atoms with Crippen LogP contribution in [0.4, 0.5) is 5.00 Å². The van der Waals surface area contributed by atoms with Gasteiger partial charge in [-0.25, -0.2) is 4.79 Å². The summed E-state index contributed by atoms with van der Waals surface area (Å²) >= 11 is 1.37. The van der Waals surface area contributed by atoms with E-state index in [1.165, 1.54) is 11.3 Å². The van der Waals surface area contributed by atoms with Crippen LogP contribution in [0.3, 0.4) is 0 Å². The standard InChI is InChI=1S/C22H24N2O4S/c1-4-27-22(26)19-14(2)20(16-9-6-5-7-10-16)29-21(19)24-18(25)13-23-15(3)17-11-8-12-28-17/h5-12,15,23H,4,13H2,1-3H3,(H,24,25)/t15-/m0/s1. The Bertz CT molecular complexity index is 964. The van der Waals surface area contributed by atoms with E-state index in [4.69, 9.17) is 9.15 Å². The van der Waals surface area contributed by atoms with E-state index in [0.29, 0.717) is 10.6 Å². The lowest BCUT2D eigenvalue weighted by atomic mass is 10.1. The number of carbonyl (C=O) groups excluding carboxylic acids is 2. The smallest absolute Gasteiger partial charge is 0.341 e. The number of benzene rings is 1. The maximum atomic E-state index is 12.5. The van der Waals surface area contributed by atoms with Gasteiger partial charge in [0.25, 0.3) is 0 Å². The van der Waals surface area contributed by atoms with Crippen LogP contribution in [-0.2, 0) is 9.53 Å². The monoisotopic (exact) mass is 412 g/mol. The second-order valence-corrected chi connectivity index (χ2v) is 7.53. The SMILES string of the molecule is CCOC(=O)c1c(NC(=O)CN[C@@H](C)c2ccco2)sc(-c2ccccc2)c1C. The Morgan fingerprint density at radius 3 is 2.59 bits per heavy atom. The number of hydrogen-bond acceptors (Lipinski definition) is 6. The predicted octanol–water partition coefficient (Wildman–Crippen LogP) is 4.78. The molecule has 0 aliphatic carbocycles. The van der Waals surface area contributed by atoms with Crippen LogP contribution in [0.5, 0.6) is 0 Å². The number of ether oxygens (including phenoxy) is 1. The fraction of sp³-hybridized carbons (Fsp3) is 0.273. The van der Waals surface area contributed by atoms with Crippen LogP contribution in [0.2, 0.25) is 0 Å². The Kier molecular flexibility index (Phi) is 6.85. The fourth-order valence-electron chi connectivity index (χ4n) is 2.97. The first-order valence-corrected chi connectivity index (χ1v) is 10.3. The van der Waals surface area contributed by atoms with E-state index >= 15 is 0 Å². The zero-order valence-corrected chi connectivity index (χ0v) is 17.5. The van der Waals surface area contributed by atoms with Crippen molar-refractivity contribution in [3.05, 3.63) is 65.6 Å². The summed E-state index contributed by atoms with van der Waals surface area (Å²) in [5.41, 5.74) is 2.20. The molecule has 0 bridgehead atoms. The minimum Gasteiger partial charge on any atom is -0.468 e. The summed E-state index contributed by atoms with van der Waals surface area (Å²) in [6.45, 7) is 5.90. The van der Waals surface area contributed by atoms with Crippen LogP contribution in [0.15, 0.2) is 53.1 Å². The van der Waals surface area contributed by atoms with Gasteiger partial charge < -0.3 is 14.5 Å². The molecule has 29 heavy (non-hydrogen) atoms. The Hall–Kier alpha value is -2.90. The van der Waals surface area contributed by atoms with Crippen molar-refractivity contribution in [2.24, 2.45) is 0 Å². The molecule has 0 saturated carbocycles. The number of amides is 1. The van der Waals surface area contributed by atoms with E-state index in [2.05, 4.69) is 10.6 Å². The van der Waals surface area contributed by atoms with Gasteiger partial charge in [0.2, 0.25) is 5.91 Å². The maximum absolute atomic E-state index is 12.5. The molecule has 0 saturated heterocycles. The molecule has 2 aromatic heterocycles. The van der Waals surface area contributed by atoms with E-state index in [1.807, 2.05) is 50.2 Å². The Morgan fingerprint density at radius 1 is 1.17 bits per heavy atom. The third-order valence-electron chi connectivity index (χ3n) is 4.45. The molecule has 1 aromatic carbocycles. The van der Waals surface area contributed by atoms with Crippen LogP contribution in [-0.4, -0.2) is 25.0 Å². The quantitative estimate of drug-likeness (QED) is 0.520. The summed E-state index contributed by atoms with van der Waals surface area (Å²) < 4.78 is 10.6. The van der Waals surface area contributed by atoms with E-state index in [0.717, 1.165) is 21.8 Å². The minimum absolute atomic E-state index is 0.0851. The molecule has 0 aliphatic rings. The summed E-state index contributed by atoms with van der Waals surface area (Å²) in [6, 6.07) is 13.3. The van der Waals surface area contributed by atoms with E-state index in [9.17, 15) is 9.59 Å². The number of rotatable bonds is 8. The first kappa shape index (κ1) is 20.8. The predicted molar refractivity (Wildman–Crippen MR) is 114 cm³/mol. The number of esters is 1. The number of anilines is 1. The van der Waals surface area contributed by atoms with Gasteiger partial charge >= 0.3 is 5.97 Å². The van der Waals surface area contributed by atoms with Gasteiger partial charge in [-0.2, -0.15) is 0 Å². The molecule has 7 heteroatoms. The molecule has 152 valence electrons. The van der Waals surface area contributed by atoms with Crippen LogP contribution in [0.1, 0.15) is 41.6 Å². The van der Waals surface area contributed by atoms with Gasteiger partial charge in [-0.15, -0.1) is 11.3 Å². The number of thiophene rings is 1. The second kappa shape index (κ2) is 9.54. The zero-order valence-electron chi connectivity index (χ0n) is 16.7. The lowest BCUT2D eigenvalue weighted by Gasteiger charge is -2.11. The molecular formula is C22H24N2O4S. The molecule has 1 amide bonds. The Morgan fingerprint density at radius 2 is 1.93 bits per heavy atom. The van der Waals surface area contributed by atoms with Gasteiger partial charge in [-0.3, -0.25) is 10.1 Å². The lowest BCUT2D eigenvalue weighted by molar-refractivity contribution is -0.115. The molecule has 2 N–H and O–H groups in total. The largest absolute Gasteiger partial charge is 0.468 e. The van der Waals surface area contributed by atoms with E-state index < -0.39 is 5.97 Å². The molecular weight excluding hydrogens is 388 g/mol. The minimum atomic E-state index is -0.435. The molecule has 2 heterocycles. The van der Waals surface area contributed by atoms with Gasteiger partial charge in [0.15, 0.2) is 0 Å². The van der Waals surface area contributed by atoms with Gasteiger partial charge in [-0.05, 0) is 44.0 Å². The summed E-state index contributed by atoms with van der Waals surface area (Å²) in [7, 11) is 0. The fourth-order valence-corrected chi connectivity index (χ4v) is 4.19. The molecule has 3 aromatic rings. The number of nitrogens with one attached hydrogen (secondary N) is 2. The highest BCUT2D eigenvalue weighted by molar-refractivity contribution is 7.20. The summed E-state index contributed by atoms with van der Waals surface area (Å²) in [5.74, 6) is 0.0776. The van der Waals surface area contributed by atoms with Crippen molar-refractivity contribution in [2.75, 3.05) is 18.5 Å².